The van der Waals surface area contributed by atoms with Crippen LogP contribution in [0.2, 0.25) is 5.02 Å². The second-order valence-electron chi connectivity index (χ2n) is 9.52. The second kappa shape index (κ2) is 9.08. The van der Waals surface area contributed by atoms with Crippen LogP contribution in [0.25, 0.3) is 0 Å². The lowest BCUT2D eigenvalue weighted by Crippen LogP contribution is -2.53. The van der Waals surface area contributed by atoms with E-state index in [0.29, 0.717) is 28.5 Å². The van der Waals surface area contributed by atoms with Crippen molar-refractivity contribution < 1.29 is 14.4 Å². The van der Waals surface area contributed by atoms with E-state index in [2.05, 4.69) is 10.8 Å². The summed E-state index contributed by atoms with van der Waals surface area (Å²) in [6, 6.07) is 15.2. The van der Waals surface area contributed by atoms with Gasteiger partial charge in [0.05, 0.1) is 11.1 Å². The Morgan fingerprint density at radius 2 is 1.59 bits per heavy atom. The number of halogens is 1. The highest BCUT2D eigenvalue weighted by atomic mass is 35.5. The molecule has 0 unspecified atom stereocenters. The highest BCUT2D eigenvalue weighted by Gasteiger charge is 2.54. The number of rotatable bonds is 7. The number of hydroxylamine groups is 1. The molecule has 4 aliphatic rings. The predicted octanol–water partition coefficient (Wildman–Crippen LogP) is 5.69. The van der Waals surface area contributed by atoms with Gasteiger partial charge in [-0.15, -0.1) is 0 Å². The van der Waals surface area contributed by atoms with Gasteiger partial charge >= 0.3 is 0 Å². The molecule has 6 rings (SSSR count). The summed E-state index contributed by atoms with van der Waals surface area (Å²) >= 11 is 7.50. The molecule has 0 atom stereocenters. The van der Waals surface area contributed by atoms with E-state index in [1.165, 1.54) is 19.3 Å². The van der Waals surface area contributed by atoms with Gasteiger partial charge in [-0.1, -0.05) is 35.5 Å². The van der Waals surface area contributed by atoms with Crippen molar-refractivity contribution in [1.29, 1.82) is 0 Å². The van der Waals surface area contributed by atoms with Gasteiger partial charge in [-0.3, -0.25) is 14.4 Å². The van der Waals surface area contributed by atoms with E-state index in [4.69, 9.17) is 16.4 Å². The summed E-state index contributed by atoms with van der Waals surface area (Å²) in [5, 5.41) is 3.57. The van der Waals surface area contributed by atoms with Gasteiger partial charge in [0.25, 0.3) is 5.91 Å². The van der Waals surface area contributed by atoms with Crippen LogP contribution in [0.15, 0.2) is 58.3 Å². The Labute approximate surface area is 197 Å². The summed E-state index contributed by atoms with van der Waals surface area (Å²) in [6.07, 6.45) is 6.75. The van der Waals surface area contributed by atoms with Crippen molar-refractivity contribution in [2.24, 2.45) is 23.2 Å². The number of hydrogen-bond donors (Lipinski definition) is 2. The van der Waals surface area contributed by atoms with Crippen molar-refractivity contribution in [2.75, 3.05) is 11.9 Å². The first-order valence-corrected chi connectivity index (χ1v) is 12.4. The molecule has 0 saturated heterocycles. The zero-order valence-corrected chi connectivity index (χ0v) is 19.4. The zero-order valence-electron chi connectivity index (χ0n) is 17.8. The van der Waals surface area contributed by atoms with Crippen LogP contribution in [0.1, 0.15) is 38.5 Å². The smallest absolute Gasteiger partial charge is 0.253 e. The third-order valence-electron chi connectivity index (χ3n) is 7.09. The lowest BCUT2D eigenvalue weighted by atomic mass is 9.49. The van der Waals surface area contributed by atoms with Gasteiger partial charge in [-0.05, 0) is 92.7 Å². The Hall–Kier alpha value is -2.02. The van der Waals surface area contributed by atoms with Crippen molar-refractivity contribution in [3.05, 3.63) is 53.6 Å². The summed E-state index contributed by atoms with van der Waals surface area (Å²) in [4.78, 5) is 32.7. The van der Waals surface area contributed by atoms with Crippen molar-refractivity contribution in [1.82, 2.24) is 5.48 Å². The number of hydrogen-bond acceptors (Lipinski definition) is 4. The fourth-order valence-corrected chi connectivity index (χ4v) is 7.17. The highest BCUT2D eigenvalue weighted by molar-refractivity contribution is 7.99. The number of anilines is 1. The lowest BCUT2D eigenvalue weighted by molar-refractivity contribution is -0.160. The Bertz CT molecular complexity index is 975. The van der Waals surface area contributed by atoms with Crippen LogP contribution in [0, 0.1) is 23.2 Å². The Morgan fingerprint density at radius 1 is 0.969 bits per heavy atom. The number of amides is 2. The maximum Gasteiger partial charge on any atom is 0.253 e. The van der Waals surface area contributed by atoms with Crippen molar-refractivity contribution in [2.45, 2.75) is 48.3 Å². The van der Waals surface area contributed by atoms with E-state index >= 15 is 0 Å². The first-order chi connectivity index (χ1) is 15.5. The van der Waals surface area contributed by atoms with E-state index in [1.54, 1.807) is 11.8 Å². The molecule has 168 valence electrons. The molecule has 5 nitrogen and oxygen atoms in total. The van der Waals surface area contributed by atoms with Gasteiger partial charge in [0, 0.05) is 14.8 Å². The molecule has 4 saturated carbocycles. The normalized spacial score (nSPS) is 27.8. The Morgan fingerprint density at radius 3 is 2.25 bits per heavy atom. The standard InChI is InChI=1S/C25H27ClN2O3S/c26-19-5-7-20(8-6-19)32-22-4-2-1-3-21(22)27-23(29)15-31-28-24(30)25-12-16-9-17(13-25)11-18(10-16)14-25/h1-8,16-18H,9-15H2,(H,27,29)(H,28,30). The third kappa shape index (κ3) is 4.68. The average molecular weight is 471 g/mol. The highest BCUT2D eigenvalue weighted by Crippen LogP contribution is 2.60. The van der Waals surface area contributed by atoms with E-state index in [-0.39, 0.29) is 23.8 Å². The first-order valence-electron chi connectivity index (χ1n) is 11.2. The van der Waals surface area contributed by atoms with Crippen LogP contribution < -0.4 is 10.8 Å². The van der Waals surface area contributed by atoms with Crippen molar-refractivity contribution in [3.63, 3.8) is 0 Å². The Kier molecular flexibility index (Phi) is 6.19. The molecule has 0 aromatic heterocycles. The van der Waals surface area contributed by atoms with Crippen molar-refractivity contribution >= 4 is 40.9 Å². The summed E-state index contributed by atoms with van der Waals surface area (Å²) < 4.78 is 0. The minimum atomic E-state index is -0.306. The maximum atomic E-state index is 12.9. The molecular weight excluding hydrogens is 444 g/mol. The molecule has 7 heteroatoms. The van der Waals surface area contributed by atoms with Gasteiger partial charge in [0.15, 0.2) is 6.61 Å². The number of carbonyl (C=O) groups is 2. The molecule has 2 N–H and O–H groups in total. The summed E-state index contributed by atoms with van der Waals surface area (Å²) in [5.74, 6) is 1.71. The minimum absolute atomic E-state index is 0.0388. The first kappa shape index (κ1) is 21.8. The van der Waals surface area contributed by atoms with Gasteiger partial charge in [0.2, 0.25) is 5.91 Å². The van der Waals surface area contributed by atoms with Gasteiger partial charge in [-0.2, -0.15) is 0 Å². The molecule has 0 heterocycles. The third-order valence-corrected chi connectivity index (χ3v) is 8.43. The van der Waals surface area contributed by atoms with E-state index in [1.807, 2.05) is 48.5 Å². The molecule has 2 aromatic carbocycles. The SMILES string of the molecule is O=C(CONC(=O)C12CC3CC(CC(C3)C1)C2)Nc1ccccc1Sc1ccc(Cl)cc1. The Balaban J connectivity index is 1.14. The summed E-state index contributed by atoms with van der Waals surface area (Å²) in [7, 11) is 0. The van der Waals surface area contributed by atoms with Gasteiger partial charge in [0.1, 0.15) is 0 Å². The van der Waals surface area contributed by atoms with Gasteiger partial charge < -0.3 is 5.32 Å². The second-order valence-corrected chi connectivity index (χ2v) is 11.1. The molecule has 2 amide bonds. The van der Waals surface area contributed by atoms with Crippen LogP contribution in [-0.4, -0.2) is 18.4 Å². The number of nitrogens with one attached hydrogen (secondary N) is 2. The maximum absolute atomic E-state index is 12.9. The van der Waals surface area contributed by atoms with Crippen LogP contribution in [0.4, 0.5) is 5.69 Å². The van der Waals surface area contributed by atoms with Crippen LogP contribution in [0.3, 0.4) is 0 Å². The minimum Gasteiger partial charge on any atom is -0.323 e. The van der Waals surface area contributed by atoms with Crippen molar-refractivity contribution in [3.8, 4) is 0 Å². The molecule has 0 spiro atoms. The number of carbonyl (C=O) groups excluding carboxylic acids is 2. The summed E-state index contributed by atoms with van der Waals surface area (Å²) in [6.45, 7) is -0.224. The van der Waals surface area contributed by atoms with Crippen LogP contribution in [-0.2, 0) is 14.4 Å². The fourth-order valence-electron chi connectivity index (χ4n) is 6.14. The quantitative estimate of drug-likeness (QED) is 0.510. The molecule has 4 aliphatic carbocycles. The van der Waals surface area contributed by atoms with E-state index in [0.717, 1.165) is 29.1 Å². The van der Waals surface area contributed by atoms with Gasteiger partial charge in [-0.25, -0.2) is 5.48 Å². The number of para-hydroxylation sites is 1. The molecule has 32 heavy (non-hydrogen) atoms. The molecule has 4 bridgehead atoms. The summed E-state index contributed by atoms with van der Waals surface area (Å²) in [5.41, 5.74) is 3.02. The molecule has 4 fully saturated rings. The average Bonchev–Trinajstić information content (AvgIpc) is 2.76. The topological polar surface area (TPSA) is 67.4 Å². The monoisotopic (exact) mass is 470 g/mol. The van der Waals surface area contributed by atoms with E-state index < -0.39 is 0 Å². The zero-order chi connectivity index (χ0) is 22.1. The molecular formula is C25H27ClN2O3S. The number of benzene rings is 2. The lowest BCUT2D eigenvalue weighted by Gasteiger charge is -2.55. The van der Waals surface area contributed by atoms with E-state index in [9.17, 15) is 9.59 Å². The van der Waals surface area contributed by atoms with Crippen LogP contribution >= 0.6 is 23.4 Å². The fraction of sp³-hybridized carbons (Fsp3) is 0.440. The molecule has 0 aliphatic heterocycles. The van der Waals surface area contributed by atoms with Crippen LogP contribution in [0.5, 0.6) is 0 Å². The molecule has 2 aromatic rings. The predicted molar refractivity (Wildman–Crippen MR) is 125 cm³/mol. The molecule has 0 radical (unpaired) electrons. The largest absolute Gasteiger partial charge is 0.323 e.